The lowest BCUT2D eigenvalue weighted by atomic mass is 10.6. The molecule has 3 nitrogen and oxygen atoms in total. The molecule has 0 saturated heterocycles. The maximum absolute atomic E-state index is 8.18. The van der Waals surface area contributed by atoms with Crippen LogP contribution in [0.4, 0.5) is 0 Å². The van der Waals surface area contributed by atoms with Crippen molar-refractivity contribution in [2.75, 3.05) is 0 Å². The second-order valence-corrected chi connectivity index (χ2v) is 2.34. The van der Waals surface area contributed by atoms with Crippen LogP contribution in [0.3, 0.4) is 0 Å². The van der Waals surface area contributed by atoms with Crippen molar-refractivity contribution < 1.29 is 0 Å². The van der Waals surface area contributed by atoms with Crippen molar-refractivity contribution in [1.82, 2.24) is 9.97 Å². The van der Waals surface area contributed by atoms with Crippen molar-refractivity contribution in [2.24, 2.45) is 0 Å². The largest absolute Gasteiger partial charge is 0.336 e. The number of nitrogens with zero attached hydrogens (tertiary/aromatic N) is 2. The maximum atomic E-state index is 8.18. The van der Waals surface area contributed by atoms with Crippen molar-refractivity contribution in [1.29, 1.82) is 5.26 Å². The van der Waals surface area contributed by atoms with Gasteiger partial charge < -0.3 is 4.98 Å². The summed E-state index contributed by atoms with van der Waals surface area (Å²) in [4.78, 5) is 6.80. The average Bonchev–Trinajstić information content (AvgIpc) is 2.17. The molecule has 46 valence electrons. The van der Waals surface area contributed by atoms with Crippen LogP contribution >= 0.6 is 11.8 Å². The predicted octanol–water partition coefficient (Wildman–Crippen LogP) is 1.29. The summed E-state index contributed by atoms with van der Waals surface area (Å²) in [5.74, 6) is 0. The molecule has 0 radical (unpaired) electrons. The Morgan fingerprint density at radius 3 is 3.11 bits per heavy atom. The Labute approximate surface area is 57.1 Å². The van der Waals surface area contributed by atoms with Crippen LogP contribution < -0.4 is 0 Å². The first-order valence-electron chi connectivity index (χ1n) is 2.40. The lowest BCUT2D eigenvalue weighted by molar-refractivity contribution is 1.05. The molecule has 1 N–H and O–H groups in total. The minimum absolute atomic E-state index is 0.662. The summed E-state index contributed by atoms with van der Waals surface area (Å²) >= 11 is 1.03. The summed E-state index contributed by atoms with van der Waals surface area (Å²) in [6.07, 6.45) is 1.69. The maximum Gasteiger partial charge on any atom is 0.180 e. The Morgan fingerprint density at radius 1 is 1.89 bits per heavy atom. The summed E-state index contributed by atoms with van der Waals surface area (Å²) in [6.45, 7) is 1.90. The standard InChI is InChI=1S/C5H5N3S/c1-4-2-7-5(8-4)9-3-6/h2H,1H3,(H,7,8). The highest BCUT2D eigenvalue weighted by Crippen LogP contribution is 2.09. The molecule has 0 aromatic carbocycles. The molecule has 0 aliphatic rings. The van der Waals surface area contributed by atoms with Gasteiger partial charge in [0.15, 0.2) is 5.16 Å². The van der Waals surface area contributed by atoms with E-state index in [1.165, 1.54) is 0 Å². The van der Waals surface area contributed by atoms with Gasteiger partial charge in [0.1, 0.15) is 5.40 Å². The van der Waals surface area contributed by atoms with Gasteiger partial charge in [-0.1, -0.05) is 0 Å². The first-order valence-corrected chi connectivity index (χ1v) is 3.22. The van der Waals surface area contributed by atoms with E-state index in [4.69, 9.17) is 5.26 Å². The highest BCUT2D eigenvalue weighted by Gasteiger charge is 1.93. The number of nitrogens with one attached hydrogen (secondary N) is 1. The molecule has 1 aromatic heterocycles. The summed E-state index contributed by atoms with van der Waals surface area (Å²) in [6, 6.07) is 0. The van der Waals surface area contributed by atoms with Crippen LogP contribution in [0.15, 0.2) is 11.4 Å². The normalized spacial score (nSPS) is 8.89. The van der Waals surface area contributed by atoms with E-state index in [0.717, 1.165) is 17.5 Å². The molecule has 0 unspecified atom stereocenters. The third-order valence-electron chi connectivity index (χ3n) is 0.822. The number of hydrogen-bond donors (Lipinski definition) is 1. The number of hydrogen-bond acceptors (Lipinski definition) is 3. The van der Waals surface area contributed by atoms with E-state index in [1.807, 2.05) is 12.3 Å². The Hall–Kier alpha value is -0.950. The fourth-order valence-electron chi connectivity index (χ4n) is 0.484. The molecule has 4 heteroatoms. The van der Waals surface area contributed by atoms with Gasteiger partial charge in [-0.15, -0.1) is 0 Å². The average molecular weight is 139 g/mol. The summed E-state index contributed by atoms with van der Waals surface area (Å²) in [7, 11) is 0. The number of thiocyanates is 1. The van der Waals surface area contributed by atoms with Gasteiger partial charge in [0.25, 0.3) is 0 Å². The molecule has 0 atom stereocenters. The molecule has 9 heavy (non-hydrogen) atoms. The second kappa shape index (κ2) is 2.55. The molecular weight excluding hydrogens is 134 g/mol. The van der Waals surface area contributed by atoms with Crippen molar-refractivity contribution in [3.05, 3.63) is 11.9 Å². The SMILES string of the molecule is Cc1cnc(SC#N)[nH]1. The van der Waals surface area contributed by atoms with Gasteiger partial charge in [-0.3, -0.25) is 0 Å². The van der Waals surface area contributed by atoms with Gasteiger partial charge in [-0.25, -0.2) is 4.98 Å². The van der Waals surface area contributed by atoms with Crippen molar-refractivity contribution in [3.8, 4) is 5.40 Å². The predicted molar refractivity (Wildman–Crippen MR) is 34.8 cm³/mol. The minimum Gasteiger partial charge on any atom is -0.336 e. The molecule has 0 aliphatic heterocycles. The van der Waals surface area contributed by atoms with Crippen LogP contribution in [0.2, 0.25) is 0 Å². The van der Waals surface area contributed by atoms with Crippen LogP contribution in [0, 0.1) is 17.6 Å². The van der Waals surface area contributed by atoms with E-state index in [9.17, 15) is 0 Å². The van der Waals surface area contributed by atoms with E-state index >= 15 is 0 Å². The van der Waals surface area contributed by atoms with E-state index in [2.05, 4.69) is 9.97 Å². The number of nitriles is 1. The molecule has 1 aromatic rings. The Kier molecular flexibility index (Phi) is 1.75. The number of aryl methyl sites for hydroxylation is 1. The zero-order valence-electron chi connectivity index (χ0n) is 4.88. The number of rotatable bonds is 1. The van der Waals surface area contributed by atoms with Gasteiger partial charge in [-0.2, -0.15) is 5.26 Å². The first-order chi connectivity index (χ1) is 4.33. The van der Waals surface area contributed by atoms with Crippen molar-refractivity contribution in [2.45, 2.75) is 12.1 Å². The van der Waals surface area contributed by atoms with Crippen LogP contribution in [0.1, 0.15) is 5.69 Å². The van der Waals surface area contributed by atoms with E-state index < -0.39 is 0 Å². The molecular formula is C5H5N3S. The van der Waals surface area contributed by atoms with Crippen molar-refractivity contribution in [3.63, 3.8) is 0 Å². The monoisotopic (exact) mass is 139 g/mol. The Balaban J connectivity index is 2.76. The van der Waals surface area contributed by atoms with Crippen LogP contribution in [-0.4, -0.2) is 9.97 Å². The fourth-order valence-corrected chi connectivity index (χ4v) is 0.888. The Bertz CT molecular complexity index is 235. The summed E-state index contributed by atoms with van der Waals surface area (Å²) in [5.41, 5.74) is 0.979. The van der Waals surface area contributed by atoms with Gasteiger partial charge in [0.2, 0.25) is 0 Å². The number of aromatic amines is 1. The molecule has 1 rings (SSSR count). The van der Waals surface area contributed by atoms with Crippen LogP contribution in [0.5, 0.6) is 0 Å². The summed E-state index contributed by atoms with van der Waals surface area (Å²) in [5, 5.41) is 10.8. The smallest absolute Gasteiger partial charge is 0.180 e. The zero-order chi connectivity index (χ0) is 6.69. The number of thioether (sulfide) groups is 1. The van der Waals surface area contributed by atoms with E-state index in [0.29, 0.717) is 5.16 Å². The number of aromatic nitrogens is 2. The summed E-state index contributed by atoms with van der Waals surface area (Å²) < 4.78 is 0. The number of imidazole rings is 1. The highest BCUT2D eigenvalue weighted by molar-refractivity contribution is 8.03. The molecule has 0 spiro atoms. The zero-order valence-corrected chi connectivity index (χ0v) is 5.70. The van der Waals surface area contributed by atoms with Gasteiger partial charge >= 0.3 is 0 Å². The minimum atomic E-state index is 0.662. The second-order valence-electron chi connectivity index (χ2n) is 1.56. The molecule has 0 aliphatic carbocycles. The van der Waals surface area contributed by atoms with Crippen LogP contribution in [-0.2, 0) is 0 Å². The van der Waals surface area contributed by atoms with Gasteiger partial charge in [0, 0.05) is 23.7 Å². The van der Waals surface area contributed by atoms with Gasteiger partial charge in [0.05, 0.1) is 0 Å². The molecule has 1 heterocycles. The third-order valence-corrected chi connectivity index (χ3v) is 1.31. The van der Waals surface area contributed by atoms with Crippen LogP contribution in [0.25, 0.3) is 0 Å². The first kappa shape index (κ1) is 6.17. The molecule has 0 amide bonds. The fraction of sp³-hybridized carbons (Fsp3) is 0.200. The van der Waals surface area contributed by atoms with Gasteiger partial charge in [-0.05, 0) is 6.92 Å². The lowest BCUT2D eigenvalue weighted by Gasteiger charge is -1.79. The quantitative estimate of drug-likeness (QED) is 0.471. The molecule has 0 bridgehead atoms. The Morgan fingerprint density at radius 2 is 2.67 bits per heavy atom. The third kappa shape index (κ3) is 1.47. The lowest BCUT2D eigenvalue weighted by Crippen LogP contribution is -1.69. The highest BCUT2D eigenvalue weighted by atomic mass is 32.2. The van der Waals surface area contributed by atoms with E-state index in [1.54, 1.807) is 6.20 Å². The van der Waals surface area contributed by atoms with Crippen molar-refractivity contribution >= 4 is 11.8 Å². The topological polar surface area (TPSA) is 52.5 Å². The number of H-pyrrole nitrogens is 1. The molecule has 0 fully saturated rings. The molecule has 0 saturated carbocycles. The van der Waals surface area contributed by atoms with E-state index in [-0.39, 0.29) is 0 Å².